The number of allylic oxidation sites excluding steroid dienone is 2. The molecule has 0 unspecified atom stereocenters. The lowest BCUT2D eigenvalue weighted by Gasteiger charge is -2.23. The van der Waals surface area contributed by atoms with Crippen LogP contribution in [0.5, 0.6) is 0 Å². The van der Waals surface area contributed by atoms with Gasteiger partial charge in [0.05, 0.1) is 25.5 Å². The van der Waals surface area contributed by atoms with E-state index in [1.54, 1.807) is 29.3 Å². The first-order valence-corrected chi connectivity index (χ1v) is 9.24. The van der Waals surface area contributed by atoms with Gasteiger partial charge < -0.3 is 18.8 Å². The summed E-state index contributed by atoms with van der Waals surface area (Å²) < 4.78 is 16.1. The Balaban J connectivity index is 1.95. The van der Waals surface area contributed by atoms with Gasteiger partial charge >= 0.3 is 11.9 Å². The minimum Gasteiger partial charge on any atom is -0.465 e. The predicted octanol–water partition coefficient (Wildman–Crippen LogP) is 3.80. The van der Waals surface area contributed by atoms with Gasteiger partial charge in [-0.05, 0) is 37.5 Å². The maximum absolute atomic E-state index is 12.6. The Morgan fingerprint density at radius 1 is 1.04 bits per heavy atom. The van der Waals surface area contributed by atoms with E-state index in [-0.39, 0.29) is 11.3 Å². The van der Waals surface area contributed by atoms with E-state index in [2.05, 4.69) is 0 Å². The first-order valence-electron chi connectivity index (χ1n) is 9.24. The van der Waals surface area contributed by atoms with Gasteiger partial charge in [0.25, 0.3) is 0 Å². The summed E-state index contributed by atoms with van der Waals surface area (Å²) in [5.74, 6) is -0.247. The number of anilines is 1. The fraction of sp³-hybridized carbons (Fsp3) is 0.273. The Kier molecular flexibility index (Phi) is 4.77. The van der Waals surface area contributed by atoms with Gasteiger partial charge in [-0.3, -0.25) is 0 Å². The molecule has 0 fully saturated rings. The van der Waals surface area contributed by atoms with Crippen LogP contribution in [0.25, 0.3) is 11.0 Å². The molecule has 1 aromatic heterocycles. The zero-order chi connectivity index (χ0) is 19.7. The molecular formula is C22H21NO5. The smallest absolute Gasteiger partial charge is 0.355 e. The first kappa shape index (κ1) is 18.1. The molecule has 2 aliphatic rings. The number of benzene rings is 1. The summed E-state index contributed by atoms with van der Waals surface area (Å²) in [5, 5.41) is 1.04. The third-order valence-electron chi connectivity index (χ3n) is 5.11. The van der Waals surface area contributed by atoms with Crippen molar-refractivity contribution in [3.8, 4) is 0 Å². The van der Waals surface area contributed by atoms with E-state index in [9.17, 15) is 9.59 Å². The quantitative estimate of drug-likeness (QED) is 0.756. The Labute approximate surface area is 162 Å². The summed E-state index contributed by atoms with van der Waals surface area (Å²) in [6, 6.07) is 5.83. The van der Waals surface area contributed by atoms with E-state index in [1.807, 2.05) is 18.2 Å². The zero-order valence-corrected chi connectivity index (χ0v) is 15.9. The molecule has 1 aliphatic heterocycles. The second-order valence-electron chi connectivity index (χ2n) is 6.68. The molecule has 144 valence electrons. The van der Waals surface area contributed by atoms with Crippen molar-refractivity contribution in [3.63, 3.8) is 0 Å². The number of furan rings is 1. The highest BCUT2D eigenvalue weighted by molar-refractivity contribution is 6.07. The maximum Gasteiger partial charge on any atom is 0.355 e. The number of para-hydroxylation sites is 1. The Morgan fingerprint density at radius 3 is 2.61 bits per heavy atom. The third-order valence-corrected chi connectivity index (χ3v) is 5.11. The molecule has 2 heterocycles. The number of rotatable bonds is 3. The molecule has 0 bridgehead atoms. The minimum absolute atomic E-state index is 0.0845. The second-order valence-corrected chi connectivity index (χ2v) is 6.68. The van der Waals surface area contributed by atoms with Gasteiger partial charge in [0.15, 0.2) is 5.58 Å². The van der Waals surface area contributed by atoms with Crippen LogP contribution in [0.1, 0.15) is 24.2 Å². The van der Waals surface area contributed by atoms with Gasteiger partial charge in [-0.2, -0.15) is 0 Å². The number of esters is 2. The van der Waals surface area contributed by atoms with Gasteiger partial charge in [0.2, 0.25) is 0 Å². The van der Waals surface area contributed by atoms with Crippen molar-refractivity contribution in [2.24, 2.45) is 0 Å². The number of carbonyl (C=O) groups is 2. The summed E-state index contributed by atoms with van der Waals surface area (Å²) in [6.07, 6.45) is 10.8. The molecule has 6 nitrogen and oxygen atoms in total. The molecule has 4 rings (SSSR count). The zero-order valence-electron chi connectivity index (χ0n) is 15.9. The Morgan fingerprint density at radius 2 is 1.82 bits per heavy atom. The van der Waals surface area contributed by atoms with E-state index >= 15 is 0 Å². The van der Waals surface area contributed by atoms with Crippen LogP contribution in [-0.4, -0.2) is 26.2 Å². The molecule has 2 aromatic rings. The summed E-state index contributed by atoms with van der Waals surface area (Å²) in [7, 11) is 2.56. The van der Waals surface area contributed by atoms with Gasteiger partial charge in [-0.1, -0.05) is 18.2 Å². The van der Waals surface area contributed by atoms with Gasteiger partial charge in [0.1, 0.15) is 11.5 Å². The third kappa shape index (κ3) is 2.91. The molecule has 28 heavy (non-hydrogen) atoms. The molecule has 1 aliphatic carbocycles. The van der Waals surface area contributed by atoms with Crippen LogP contribution < -0.4 is 4.90 Å². The fourth-order valence-electron chi connectivity index (χ4n) is 3.81. The second kappa shape index (κ2) is 7.38. The molecule has 0 atom stereocenters. The van der Waals surface area contributed by atoms with Crippen LogP contribution in [0, 0.1) is 0 Å². The highest BCUT2D eigenvalue weighted by atomic mass is 16.5. The number of ether oxygens (including phenoxy) is 2. The van der Waals surface area contributed by atoms with E-state index in [0.717, 1.165) is 36.8 Å². The number of hydrogen-bond donors (Lipinski definition) is 0. The number of aryl methyl sites for hydroxylation is 2. The van der Waals surface area contributed by atoms with Crippen molar-refractivity contribution >= 4 is 28.6 Å². The van der Waals surface area contributed by atoms with Crippen molar-refractivity contribution in [1.29, 1.82) is 0 Å². The highest BCUT2D eigenvalue weighted by Crippen LogP contribution is 2.39. The lowest BCUT2D eigenvalue weighted by Crippen LogP contribution is -2.27. The van der Waals surface area contributed by atoms with Crippen LogP contribution >= 0.6 is 0 Å². The Bertz CT molecular complexity index is 1040. The Hall–Kier alpha value is -3.28. The van der Waals surface area contributed by atoms with Gasteiger partial charge in [-0.25, -0.2) is 9.59 Å². The average molecular weight is 379 g/mol. The summed E-state index contributed by atoms with van der Waals surface area (Å²) in [6.45, 7) is 0. The monoisotopic (exact) mass is 379 g/mol. The molecule has 0 spiro atoms. The van der Waals surface area contributed by atoms with E-state index in [0.29, 0.717) is 11.3 Å². The summed E-state index contributed by atoms with van der Waals surface area (Å²) >= 11 is 0. The topological polar surface area (TPSA) is 69.0 Å². The standard InChI is InChI=1S/C22H21NO5/c1-26-21(24)16-9-5-6-13-23(19(16)22(25)27-2)17-11-7-10-15-14-8-3-4-12-18(14)28-20(15)17/h5-7,9-11,13H,3-4,8,12H2,1-2H3. The largest absolute Gasteiger partial charge is 0.465 e. The molecular weight excluding hydrogens is 358 g/mol. The number of fused-ring (bicyclic) bond motifs is 3. The van der Waals surface area contributed by atoms with Crippen molar-refractivity contribution in [1.82, 2.24) is 0 Å². The van der Waals surface area contributed by atoms with Crippen molar-refractivity contribution in [3.05, 3.63) is 65.2 Å². The fourth-order valence-corrected chi connectivity index (χ4v) is 3.81. The van der Waals surface area contributed by atoms with Gasteiger partial charge in [-0.15, -0.1) is 0 Å². The van der Waals surface area contributed by atoms with E-state index < -0.39 is 11.9 Å². The number of hydrogen-bond acceptors (Lipinski definition) is 6. The van der Waals surface area contributed by atoms with Crippen molar-refractivity contribution in [2.45, 2.75) is 25.7 Å². The molecule has 6 heteroatoms. The van der Waals surface area contributed by atoms with E-state index in [4.69, 9.17) is 13.9 Å². The van der Waals surface area contributed by atoms with E-state index in [1.165, 1.54) is 19.8 Å². The van der Waals surface area contributed by atoms with Crippen LogP contribution in [0.3, 0.4) is 0 Å². The number of methoxy groups -OCH3 is 2. The molecule has 0 saturated heterocycles. The maximum atomic E-state index is 12.6. The highest BCUT2D eigenvalue weighted by Gasteiger charge is 2.30. The molecule has 1 aromatic carbocycles. The van der Waals surface area contributed by atoms with Crippen LogP contribution in [-0.2, 0) is 31.9 Å². The minimum atomic E-state index is -0.634. The predicted molar refractivity (Wildman–Crippen MR) is 105 cm³/mol. The molecule has 0 N–H and O–H groups in total. The van der Waals surface area contributed by atoms with Crippen LogP contribution in [0.15, 0.2) is 58.3 Å². The first-order chi connectivity index (χ1) is 13.7. The lowest BCUT2D eigenvalue weighted by atomic mass is 9.96. The number of carbonyl (C=O) groups excluding carboxylic acids is 2. The van der Waals surface area contributed by atoms with Crippen molar-refractivity contribution < 1.29 is 23.5 Å². The normalized spacial score (nSPS) is 16.1. The molecule has 0 radical (unpaired) electrons. The number of nitrogens with zero attached hydrogens (tertiary/aromatic N) is 1. The van der Waals surface area contributed by atoms with Crippen LogP contribution in [0.2, 0.25) is 0 Å². The molecule has 0 saturated carbocycles. The van der Waals surface area contributed by atoms with Crippen molar-refractivity contribution in [2.75, 3.05) is 19.1 Å². The summed E-state index contributed by atoms with van der Waals surface area (Å²) in [4.78, 5) is 26.6. The molecule has 0 amide bonds. The lowest BCUT2D eigenvalue weighted by molar-refractivity contribution is -0.139. The SMILES string of the molecule is COC(=O)C1=C(C(=O)OC)N(c2cccc3c4c(oc23)CCCC4)C=CC=C1. The average Bonchev–Trinajstić information content (AvgIpc) is 2.97. The summed E-state index contributed by atoms with van der Waals surface area (Å²) in [5.41, 5.74) is 2.81. The van der Waals surface area contributed by atoms with Gasteiger partial charge in [0, 0.05) is 23.6 Å². The van der Waals surface area contributed by atoms with Crippen LogP contribution in [0.4, 0.5) is 5.69 Å².